The maximum atomic E-state index is 9.32. The molecule has 0 fully saturated rings. The summed E-state index contributed by atoms with van der Waals surface area (Å²) >= 11 is 1.68. The first-order valence-electron chi connectivity index (χ1n) is 3.99. The number of imidazole rings is 1. The fourth-order valence-electron chi connectivity index (χ4n) is 1.06. The number of thioether (sulfide) groups is 1. The van der Waals surface area contributed by atoms with Crippen molar-refractivity contribution in [1.82, 2.24) is 9.55 Å². The summed E-state index contributed by atoms with van der Waals surface area (Å²) in [7, 11) is 1.92. The highest BCUT2D eigenvalue weighted by Gasteiger charge is 2.09. The van der Waals surface area contributed by atoms with Crippen LogP contribution in [0, 0.1) is 0 Å². The summed E-state index contributed by atoms with van der Waals surface area (Å²) in [6, 6.07) is 0. The lowest BCUT2D eigenvalue weighted by Crippen LogP contribution is -2.01. The van der Waals surface area contributed by atoms with E-state index in [-0.39, 0.29) is 0 Å². The van der Waals surface area contributed by atoms with Gasteiger partial charge in [0.05, 0.1) is 18.0 Å². The second-order valence-corrected chi connectivity index (χ2v) is 3.86. The third kappa shape index (κ3) is 1.81. The maximum Gasteiger partial charge on any atom is 0.167 e. The molecule has 0 saturated carbocycles. The Morgan fingerprint density at radius 3 is 2.83 bits per heavy atom. The van der Waals surface area contributed by atoms with Gasteiger partial charge in [0, 0.05) is 7.05 Å². The molecule has 1 aromatic heterocycles. The van der Waals surface area contributed by atoms with Gasteiger partial charge in [-0.25, -0.2) is 4.98 Å². The molecule has 1 rings (SSSR count). The molecule has 0 aliphatic rings. The van der Waals surface area contributed by atoms with E-state index in [1.165, 1.54) is 0 Å². The zero-order valence-corrected chi connectivity index (χ0v) is 8.43. The molecule has 68 valence electrons. The molecule has 0 aliphatic heterocycles. The van der Waals surface area contributed by atoms with E-state index >= 15 is 0 Å². The lowest BCUT2D eigenvalue weighted by atomic mass is 10.3. The van der Waals surface area contributed by atoms with Gasteiger partial charge in [0.15, 0.2) is 5.16 Å². The molecule has 1 unspecified atom stereocenters. The molecule has 1 heterocycles. The van der Waals surface area contributed by atoms with E-state index in [2.05, 4.69) is 11.9 Å². The molecule has 1 N–H and O–H groups in total. The molecule has 3 nitrogen and oxygen atoms in total. The van der Waals surface area contributed by atoms with Crippen LogP contribution in [0.2, 0.25) is 0 Å². The average Bonchev–Trinajstić information content (AvgIpc) is 2.34. The van der Waals surface area contributed by atoms with Crippen molar-refractivity contribution in [3.63, 3.8) is 0 Å². The summed E-state index contributed by atoms with van der Waals surface area (Å²) in [5.74, 6) is 1.00. The topological polar surface area (TPSA) is 38.1 Å². The van der Waals surface area contributed by atoms with Gasteiger partial charge in [0.2, 0.25) is 0 Å². The average molecular weight is 186 g/mol. The molecule has 0 aromatic carbocycles. The van der Waals surface area contributed by atoms with Crippen LogP contribution in [0.4, 0.5) is 0 Å². The van der Waals surface area contributed by atoms with Crippen LogP contribution >= 0.6 is 11.8 Å². The first-order chi connectivity index (χ1) is 5.66. The Bertz CT molecular complexity index is 258. The van der Waals surface area contributed by atoms with Crippen molar-refractivity contribution in [2.75, 3.05) is 5.75 Å². The number of aliphatic hydroxyl groups excluding tert-OH is 1. The van der Waals surface area contributed by atoms with Crippen molar-refractivity contribution in [2.24, 2.45) is 7.05 Å². The van der Waals surface area contributed by atoms with Gasteiger partial charge in [0.1, 0.15) is 0 Å². The highest BCUT2D eigenvalue weighted by atomic mass is 32.2. The second-order valence-electron chi connectivity index (χ2n) is 2.63. The van der Waals surface area contributed by atoms with Crippen molar-refractivity contribution < 1.29 is 5.11 Å². The monoisotopic (exact) mass is 186 g/mol. The minimum Gasteiger partial charge on any atom is -0.387 e. The third-order valence-corrected chi connectivity index (χ3v) is 2.61. The molecule has 0 bridgehead atoms. The van der Waals surface area contributed by atoms with Gasteiger partial charge >= 0.3 is 0 Å². The Kier molecular flexibility index (Phi) is 3.17. The molecule has 0 amide bonds. The Hall–Kier alpha value is -0.480. The summed E-state index contributed by atoms with van der Waals surface area (Å²) in [6.07, 6.45) is 1.29. The Labute approximate surface area is 76.8 Å². The Morgan fingerprint density at radius 1 is 1.75 bits per heavy atom. The fraction of sp³-hybridized carbons (Fsp3) is 0.625. The van der Waals surface area contributed by atoms with Gasteiger partial charge in [0.25, 0.3) is 0 Å². The second kappa shape index (κ2) is 3.96. The molecular formula is C8H14N2OS. The van der Waals surface area contributed by atoms with Crippen LogP contribution in [0.3, 0.4) is 0 Å². The smallest absolute Gasteiger partial charge is 0.167 e. The normalized spacial score (nSPS) is 13.3. The third-order valence-electron chi connectivity index (χ3n) is 1.68. The number of rotatable bonds is 3. The van der Waals surface area contributed by atoms with Crippen molar-refractivity contribution in [3.8, 4) is 0 Å². The quantitative estimate of drug-likeness (QED) is 0.728. The molecule has 4 heteroatoms. The molecule has 0 radical (unpaired) electrons. The van der Waals surface area contributed by atoms with Crippen molar-refractivity contribution in [2.45, 2.75) is 25.1 Å². The van der Waals surface area contributed by atoms with E-state index in [1.54, 1.807) is 24.9 Å². The largest absolute Gasteiger partial charge is 0.387 e. The van der Waals surface area contributed by atoms with E-state index in [0.29, 0.717) is 0 Å². The molecule has 1 aromatic rings. The first-order valence-corrected chi connectivity index (χ1v) is 4.97. The molecule has 0 saturated heterocycles. The number of aromatic nitrogens is 2. The predicted octanol–water partition coefficient (Wildman–Crippen LogP) is 1.59. The first kappa shape index (κ1) is 9.61. The SMILES string of the molecule is CCSc1ncc(C(C)O)n1C. The number of hydrogen-bond donors (Lipinski definition) is 1. The minimum absolute atomic E-state index is 0.436. The molecular weight excluding hydrogens is 172 g/mol. The predicted molar refractivity (Wildman–Crippen MR) is 50.2 cm³/mol. The molecule has 0 spiro atoms. The van der Waals surface area contributed by atoms with E-state index in [4.69, 9.17) is 0 Å². The number of aliphatic hydroxyl groups is 1. The van der Waals surface area contributed by atoms with Crippen LogP contribution in [0.25, 0.3) is 0 Å². The number of nitrogens with zero attached hydrogens (tertiary/aromatic N) is 2. The van der Waals surface area contributed by atoms with Crippen molar-refractivity contribution in [3.05, 3.63) is 11.9 Å². The number of hydrogen-bond acceptors (Lipinski definition) is 3. The van der Waals surface area contributed by atoms with Crippen LogP contribution in [0.15, 0.2) is 11.4 Å². The van der Waals surface area contributed by atoms with Gasteiger partial charge in [-0.1, -0.05) is 18.7 Å². The van der Waals surface area contributed by atoms with Crippen LogP contribution in [-0.4, -0.2) is 20.4 Å². The highest BCUT2D eigenvalue weighted by Crippen LogP contribution is 2.20. The lowest BCUT2D eigenvalue weighted by Gasteiger charge is -2.06. The summed E-state index contributed by atoms with van der Waals surface area (Å²) in [6.45, 7) is 3.83. The van der Waals surface area contributed by atoms with E-state index in [9.17, 15) is 5.11 Å². The van der Waals surface area contributed by atoms with Gasteiger partial charge in [-0.2, -0.15) is 0 Å². The highest BCUT2D eigenvalue weighted by molar-refractivity contribution is 7.99. The summed E-state index contributed by atoms with van der Waals surface area (Å²) in [5, 5.41) is 10.3. The minimum atomic E-state index is -0.436. The molecule has 12 heavy (non-hydrogen) atoms. The van der Waals surface area contributed by atoms with Gasteiger partial charge in [-0.05, 0) is 12.7 Å². The van der Waals surface area contributed by atoms with Crippen molar-refractivity contribution >= 4 is 11.8 Å². The molecule has 0 aliphatic carbocycles. The zero-order valence-electron chi connectivity index (χ0n) is 7.61. The van der Waals surface area contributed by atoms with Crippen LogP contribution in [-0.2, 0) is 7.05 Å². The fourth-order valence-corrected chi connectivity index (χ4v) is 1.74. The Balaban J connectivity index is 2.88. The van der Waals surface area contributed by atoms with Crippen LogP contribution in [0.5, 0.6) is 0 Å². The summed E-state index contributed by atoms with van der Waals surface area (Å²) in [4.78, 5) is 4.19. The van der Waals surface area contributed by atoms with Crippen molar-refractivity contribution in [1.29, 1.82) is 0 Å². The van der Waals surface area contributed by atoms with Gasteiger partial charge in [-0.3, -0.25) is 0 Å². The van der Waals surface area contributed by atoms with Crippen LogP contribution in [0.1, 0.15) is 25.6 Å². The van der Waals surface area contributed by atoms with Gasteiger partial charge < -0.3 is 9.67 Å². The van der Waals surface area contributed by atoms with Crippen LogP contribution < -0.4 is 0 Å². The standard InChI is InChI=1S/C8H14N2OS/c1-4-12-8-9-5-7(6(2)11)10(8)3/h5-6,11H,4H2,1-3H3. The van der Waals surface area contributed by atoms with E-state index < -0.39 is 6.10 Å². The Morgan fingerprint density at radius 2 is 2.42 bits per heavy atom. The molecule has 1 atom stereocenters. The van der Waals surface area contributed by atoms with Gasteiger partial charge in [-0.15, -0.1) is 0 Å². The lowest BCUT2D eigenvalue weighted by molar-refractivity contribution is 0.189. The summed E-state index contributed by atoms with van der Waals surface area (Å²) in [5.41, 5.74) is 0.867. The maximum absolute atomic E-state index is 9.32. The van der Waals surface area contributed by atoms with E-state index in [1.807, 2.05) is 11.6 Å². The zero-order chi connectivity index (χ0) is 9.14. The summed E-state index contributed by atoms with van der Waals surface area (Å²) < 4.78 is 1.93. The van der Waals surface area contributed by atoms with E-state index in [0.717, 1.165) is 16.6 Å².